The van der Waals surface area contributed by atoms with E-state index in [1.807, 2.05) is 45.9 Å². The fourth-order valence-corrected chi connectivity index (χ4v) is 7.36. The van der Waals surface area contributed by atoms with Crippen LogP contribution in [0.5, 0.6) is 5.75 Å². The molecule has 2 rings (SSSR count). The number of hydrogen-bond donors (Lipinski definition) is 0. The summed E-state index contributed by atoms with van der Waals surface area (Å²) < 4.78 is 31.0. The minimum Gasteiger partial charge on any atom is -0.494 e. The van der Waals surface area contributed by atoms with Gasteiger partial charge in [-0.1, -0.05) is 78.6 Å². The topological polar surface area (TPSA) is 63.2 Å². The van der Waals surface area contributed by atoms with Crippen LogP contribution in [0.2, 0.25) is 43.8 Å². The standard InChI is InChI=1S/C37H64O6Si2/c1-16-39-31-24-28(4)33(35(38)40-22-23-44(11,12)13)30(25-31)18-17-19-32-34(42-37(9,10)41-32)27(3)21-20-26(2)29(5)43-45(14,15)36(6,7)8/h17-18,20-21,24-27,29,32,34H,16,19,22-23H2,1-15H3/b18-17+,21-20-/t26-,27?,29-,32+,34-/m1/s1. The highest BCUT2D eigenvalue weighted by atomic mass is 28.4. The Morgan fingerprint density at radius 3 is 2.27 bits per heavy atom. The van der Waals surface area contributed by atoms with Crippen LogP contribution in [0.3, 0.4) is 0 Å². The van der Waals surface area contributed by atoms with Crippen molar-refractivity contribution in [2.24, 2.45) is 11.8 Å². The molecular weight excluding hydrogens is 597 g/mol. The first kappa shape index (κ1) is 39.5. The number of rotatable bonds is 15. The molecule has 1 unspecified atom stereocenters. The molecule has 6 nitrogen and oxygen atoms in total. The van der Waals surface area contributed by atoms with Crippen molar-refractivity contribution in [2.75, 3.05) is 13.2 Å². The molecule has 1 aliphatic heterocycles. The Labute approximate surface area is 277 Å². The summed E-state index contributed by atoms with van der Waals surface area (Å²) in [5.41, 5.74) is 2.23. The third-order valence-electron chi connectivity index (χ3n) is 9.09. The Balaban J connectivity index is 2.21. The van der Waals surface area contributed by atoms with Crippen molar-refractivity contribution in [1.29, 1.82) is 0 Å². The van der Waals surface area contributed by atoms with Crippen LogP contribution in [0.15, 0.2) is 30.4 Å². The van der Waals surface area contributed by atoms with Crippen molar-refractivity contribution < 1.29 is 28.2 Å². The van der Waals surface area contributed by atoms with Gasteiger partial charge in [0.25, 0.3) is 0 Å². The van der Waals surface area contributed by atoms with Gasteiger partial charge in [0, 0.05) is 20.1 Å². The highest BCUT2D eigenvalue weighted by Crippen LogP contribution is 2.39. The zero-order valence-corrected chi connectivity index (χ0v) is 33.1. The number of aryl methyl sites for hydroxylation is 1. The van der Waals surface area contributed by atoms with Crippen LogP contribution in [0.25, 0.3) is 6.08 Å². The Bertz CT molecular complexity index is 1170. The van der Waals surface area contributed by atoms with Gasteiger partial charge < -0.3 is 23.4 Å². The van der Waals surface area contributed by atoms with Crippen LogP contribution in [-0.2, 0) is 18.6 Å². The van der Waals surface area contributed by atoms with E-state index in [0.29, 0.717) is 25.2 Å². The van der Waals surface area contributed by atoms with Crippen molar-refractivity contribution in [1.82, 2.24) is 0 Å². The van der Waals surface area contributed by atoms with Crippen LogP contribution in [0, 0.1) is 18.8 Å². The Hall–Kier alpha value is -1.72. The van der Waals surface area contributed by atoms with Gasteiger partial charge in [0.15, 0.2) is 14.1 Å². The third kappa shape index (κ3) is 12.1. The van der Waals surface area contributed by atoms with Crippen molar-refractivity contribution in [3.8, 4) is 5.75 Å². The summed E-state index contributed by atoms with van der Waals surface area (Å²) in [5.74, 6) is 0.208. The van der Waals surface area contributed by atoms with Crippen LogP contribution in [0.1, 0.15) is 90.2 Å². The van der Waals surface area contributed by atoms with E-state index >= 15 is 0 Å². The van der Waals surface area contributed by atoms with Crippen LogP contribution < -0.4 is 4.74 Å². The Morgan fingerprint density at radius 2 is 1.69 bits per heavy atom. The van der Waals surface area contributed by atoms with E-state index in [-0.39, 0.29) is 41.2 Å². The molecule has 1 heterocycles. The second-order valence-electron chi connectivity index (χ2n) is 16.0. The van der Waals surface area contributed by atoms with Gasteiger partial charge in [0.1, 0.15) is 5.75 Å². The number of carbonyl (C=O) groups is 1. The average molecular weight is 661 g/mol. The third-order valence-corrected chi connectivity index (χ3v) is 15.4. The van der Waals surface area contributed by atoms with Gasteiger partial charge in [-0.05, 0) is 94.4 Å². The number of ether oxygens (including phenoxy) is 4. The molecule has 1 aliphatic rings. The molecule has 1 saturated heterocycles. The molecular formula is C37H64O6Si2. The number of esters is 1. The second kappa shape index (κ2) is 15.9. The van der Waals surface area contributed by atoms with E-state index in [4.69, 9.17) is 23.4 Å². The normalized spacial score (nSPS) is 21.3. The van der Waals surface area contributed by atoms with E-state index in [0.717, 1.165) is 22.9 Å². The van der Waals surface area contributed by atoms with E-state index in [9.17, 15) is 4.79 Å². The van der Waals surface area contributed by atoms with Gasteiger partial charge >= 0.3 is 5.97 Å². The SMILES string of the molecule is CCOc1cc(C)c(C(=O)OCC[Si](C)(C)C)c(/C=C/C[C@@H]2OC(C)(C)O[C@@H]2C(C)/C=C\[C@@H](C)[C@@H](C)O[Si](C)(C)C(C)(C)C)c1. The lowest BCUT2D eigenvalue weighted by molar-refractivity contribution is -0.148. The van der Waals surface area contributed by atoms with Crippen LogP contribution in [0.4, 0.5) is 0 Å². The second-order valence-corrected chi connectivity index (χ2v) is 26.4. The Kier molecular flexibility index (Phi) is 14.0. The van der Waals surface area contributed by atoms with Crippen LogP contribution in [-0.4, -0.2) is 59.7 Å². The first-order chi connectivity index (χ1) is 20.6. The average Bonchev–Trinajstić information content (AvgIpc) is 3.19. The summed E-state index contributed by atoms with van der Waals surface area (Å²) in [6, 6.07) is 4.77. The van der Waals surface area contributed by atoms with Gasteiger partial charge in [0.05, 0.1) is 31.0 Å². The van der Waals surface area contributed by atoms with Crippen molar-refractivity contribution in [3.05, 3.63) is 47.1 Å². The molecule has 5 atom stereocenters. The molecule has 1 fully saturated rings. The van der Waals surface area contributed by atoms with Crippen molar-refractivity contribution in [2.45, 2.75) is 144 Å². The minimum atomic E-state index is -1.85. The van der Waals surface area contributed by atoms with E-state index in [2.05, 4.69) is 92.5 Å². The summed E-state index contributed by atoms with van der Waals surface area (Å²) in [5, 5.41) is 0.178. The molecule has 0 bridgehead atoms. The maximum atomic E-state index is 13.2. The van der Waals surface area contributed by atoms with Gasteiger partial charge in [-0.15, -0.1) is 0 Å². The fourth-order valence-electron chi connectivity index (χ4n) is 5.15. The molecule has 0 amide bonds. The molecule has 0 aromatic heterocycles. The maximum absolute atomic E-state index is 13.2. The monoisotopic (exact) mass is 660 g/mol. The first-order valence-electron chi connectivity index (χ1n) is 16.9. The molecule has 0 N–H and O–H groups in total. The molecule has 0 radical (unpaired) electrons. The van der Waals surface area contributed by atoms with Gasteiger partial charge in [0.2, 0.25) is 0 Å². The molecule has 0 spiro atoms. The van der Waals surface area contributed by atoms with Gasteiger partial charge in [-0.3, -0.25) is 0 Å². The van der Waals surface area contributed by atoms with Crippen molar-refractivity contribution in [3.63, 3.8) is 0 Å². The van der Waals surface area contributed by atoms with Gasteiger partial charge in [-0.25, -0.2) is 4.79 Å². The summed E-state index contributed by atoms with van der Waals surface area (Å²) in [6.07, 6.45) is 9.16. The predicted octanol–water partition coefficient (Wildman–Crippen LogP) is 10.1. The zero-order valence-electron chi connectivity index (χ0n) is 31.1. The number of hydrogen-bond acceptors (Lipinski definition) is 6. The maximum Gasteiger partial charge on any atom is 0.338 e. The molecule has 1 aromatic carbocycles. The van der Waals surface area contributed by atoms with Crippen LogP contribution >= 0.6 is 0 Å². The molecule has 256 valence electrons. The van der Waals surface area contributed by atoms with Gasteiger partial charge in [-0.2, -0.15) is 0 Å². The zero-order chi connectivity index (χ0) is 34.4. The smallest absolute Gasteiger partial charge is 0.338 e. The molecule has 0 saturated carbocycles. The Morgan fingerprint density at radius 1 is 1.04 bits per heavy atom. The molecule has 0 aliphatic carbocycles. The quantitative estimate of drug-likeness (QED) is 0.106. The fraction of sp³-hybridized carbons (Fsp3) is 0.703. The lowest BCUT2D eigenvalue weighted by Gasteiger charge is -2.39. The van der Waals surface area contributed by atoms with E-state index < -0.39 is 22.2 Å². The summed E-state index contributed by atoms with van der Waals surface area (Å²) >= 11 is 0. The van der Waals surface area contributed by atoms with E-state index in [1.165, 1.54) is 0 Å². The number of carbonyl (C=O) groups excluding carboxylic acids is 1. The molecule has 45 heavy (non-hydrogen) atoms. The summed E-state index contributed by atoms with van der Waals surface area (Å²) in [6.45, 7) is 33.7. The first-order valence-corrected chi connectivity index (χ1v) is 23.5. The minimum absolute atomic E-state index is 0.104. The molecule has 1 aromatic rings. The molecule has 8 heteroatoms. The van der Waals surface area contributed by atoms with Crippen molar-refractivity contribution >= 4 is 28.4 Å². The highest BCUT2D eigenvalue weighted by molar-refractivity contribution is 6.76. The largest absolute Gasteiger partial charge is 0.494 e. The lowest BCUT2D eigenvalue weighted by Crippen LogP contribution is -2.44. The predicted molar refractivity (Wildman–Crippen MR) is 193 cm³/mol. The number of benzene rings is 1. The van der Waals surface area contributed by atoms with E-state index in [1.54, 1.807) is 0 Å². The summed E-state index contributed by atoms with van der Waals surface area (Å²) in [4.78, 5) is 13.2. The highest BCUT2D eigenvalue weighted by Gasteiger charge is 2.43. The lowest BCUT2D eigenvalue weighted by atomic mass is 9.94. The summed E-state index contributed by atoms with van der Waals surface area (Å²) in [7, 11) is -3.16.